The highest BCUT2D eigenvalue weighted by Crippen LogP contribution is 2.37. The molecule has 3 aromatic rings. The van der Waals surface area contributed by atoms with E-state index in [0.717, 1.165) is 57.4 Å². The molecule has 1 aliphatic heterocycles. The lowest BCUT2D eigenvalue weighted by molar-refractivity contribution is 0.0330. The monoisotopic (exact) mass is 389 g/mol. The Hall–Kier alpha value is -2.43. The summed E-state index contributed by atoms with van der Waals surface area (Å²) in [6.07, 6.45) is 7.43. The van der Waals surface area contributed by atoms with Gasteiger partial charge >= 0.3 is 0 Å². The topological polar surface area (TPSA) is 52.1 Å². The van der Waals surface area contributed by atoms with Gasteiger partial charge in [0.2, 0.25) is 0 Å². The first-order valence-corrected chi connectivity index (χ1v) is 10.7. The van der Waals surface area contributed by atoms with Gasteiger partial charge in [-0.05, 0) is 61.7 Å². The van der Waals surface area contributed by atoms with Gasteiger partial charge in [-0.15, -0.1) is 0 Å². The predicted molar refractivity (Wildman–Crippen MR) is 117 cm³/mol. The summed E-state index contributed by atoms with van der Waals surface area (Å²) in [6, 6.07) is 21.1. The van der Waals surface area contributed by atoms with Crippen LogP contribution in [0, 0.1) is 5.41 Å². The SMILES string of the molecule is OCC1(CCCc2ccccc2)CCN(Cc2cn[nH]c2-c2ccccc2)CC1. The van der Waals surface area contributed by atoms with Crippen LogP contribution in [-0.2, 0) is 13.0 Å². The van der Waals surface area contributed by atoms with Crippen molar-refractivity contribution in [3.8, 4) is 11.3 Å². The normalized spacial score (nSPS) is 16.7. The zero-order valence-electron chi connectivity index (χ0n) is 17.1. The third-order valence-electron chi connectivity index (χ3n) is 6.44. The first-order chi connectivity index (χ1) is 14.3. The van der Waals surface area contributed by atoms with Gasteiger partial charge < -0.3 is 5.11 Å². The first kappa shape index (κ1) is 19.9. The second kappa shape index (κ2) is 9.38. The Morgan fingerprint density at radius 1 is 0.966 bits per heavy atom. The van der Waals surface area contributed by atoms with Gasteiger partial charge in [0.05, 0.1) is 11.9 Å². The zero-order valence-corrected chi connectivity index (χ0v) is 17.1. The number of benzene rings is 2. The standard InChI is InChI=1S/C25H31N3O/c29-20-25(13-7-10-21-8-3-1-4-9-21)14-16-28(17-15-25)19-23-18-26-27-24(23)22-11-5-2-6-12-22/h1-6,8-9,11-12,18,29H,7,10,13-17,19-20H2,(H,26,27). The first-order valence-electron chi connectivity index (χ1n) is 10.7. The van der Waals surface area contributed by atoms with Gasteiger partial charge in [-0.25, -0.2) is 0 Å². The molecule has 0 radical (unpaired) electrons. The maximum atomic E-state index is 10.1. The van der Waals surface area contributed by atoms with E-state index in [0.29, 0.717) is 6.61 Å². The molecule has 0 unspecified atom stereocenters. The molecular weight excluding hydrogens is 358 g/mol. The summed E-state index contributed by atoms with van der Waals surface area (Å²) in [4.78, 5) is 2.50. The maximum absolute atomic E-state index is 10.1. The molecule has 2 heterocycles. The average molecular weight is 390 g/mol. The molecule has 0 aliphatic carbocycles. The van der Waals surface area contributed by atoms with Crippen LogP contribution in [0.15, 0.2) is 66.9 Å². The largest absolute Gasteiger partial charge is 0.396 e. The Kier molecular flexibility index (Phi) is 6.43. The van der Waals surface area contributed by atoms with Crippen molar-refractivity contribution < 1.29 is 5.11 Å². The number of nitrogens with zero attached hydrogens (tertiary/aromatic N) is 2. The molecule has 4 rings (SSSR count). The number of aryl methyl sites for hydroxylation is 1. The molecule has 0 atom stereocenters. The van der Waals surface area contributed by atoms with Crippen LogP contribution in [0.5, 0.6) is 0 Å². The highest BCUT2D eigenvalue weighted by atomic mass is 16.3. The van der Waals surface area contributed by atoms with Crippen LogP contribution in [0.2, 0.25) is 0 Å². The van der Waals surface area contributed by atoms with Gasteiger partial charge in [0.15, 0.2) is 0 Å². The highest BCUT2D eigenvalue weighted by molar-refractivity contribution is 5.62. The molecule has 0 spiro atoms. The molecule has 2 aromatic carbocycles. The summed E-state index contributed by atoms with van der Waals surface area (Å²) < 4.78 is 0. The van der Waals surface area contributed by atoms with Gasteiger partial charge in [-0.3, -0.25) is 10.00 Å². The molecule has 0 bridgehead atoms. The van der Waals surface area contributed by atoms with Crippen molar-refractivity contribution >= 4 is 0 Å². The van der Waals surface area contributed by atoms with E-state index in [2.05, 4.69) is 69.7 Å². The lowest BCUT2D eigenvalue weighted by Crippen LogP contribution is -2.41. The number of rotatable bonds is 8. The molecule has 1 fully saturated rings. The number of aliphatic hydroxyl groups is 1. The van der Waals surface area contributed by atoms with E-state index in [1.807, 2.05) is 12.3 Å². The molecule has 1 aromatic heterocycles. The predicted octanol–water partition coefficient (Wildman–Crippen LogP) is 4.67. The van der Waals surface area contributed by atoms with Crippen molar-refractivity contribution in [2.75, 3.05) is 19.7 Å². The Bertz CT molecular complexity index is 867. The van der Waals surface area contributed by atoms with Crippen molar-refractivity contribution in [3.63, 3.8) is 0 Å². The fourth-order valence-corrected chi connectivity index (χ4v) is 4.51. The average Bonchev–Trinajstić information content (AvgIpc) is 3.25. The lowest BCUT2D eigenvalue weighted by atomic mass is 9.75. The summed E-state index contributed by atoms with van der Waals surface area (Å²) in [5.41, 5.74) is 5.03. The third kappa shape index (κ3) is 4.95. The minimum atomic E-state index is 0.0872. The van der Waals surface area contributed by atoms with Crippen molar-refractivity contribution in [1.29, 1.82) is 0 Å². The molecule has 2 N–H and O–H groups in total. The molecule has 0 saturated carbocycles. The van der Waals surface area contributed by atoms with E-state index < -0.39 is 0 Å². The van der Waals surface area contributed by atoms with Gasteiger partial charge in [0, 0.05) is 18.7 Å². The molecule has 1 aliphatic rings. The summed E-state index contributed by atoms with van der Waals surface area (Å²) in [5, 5.41) is 17.6. The Labute approximate surface area is 173 Å². The fourth-order valence-electron chi connectivity index (χ4n) is 4.51. The number of piperidine rings is 1. The Balaban J connectivity index is 1.31. The van der Waals surface area contributed by atoms with E-state index in [9.17, 15) is 5.11 Å². The Morgan fingerprint density at radius 3 is 2.34 bits per heavy atom. The minimum Gasteiger partial charge on any atom is -0.396 e. The Morgan fingerprint density at radius 2 is 1.66 bits per heavy atom. The van der Waals surface area contributed by atoms with Crippen LogP contribution >= 0.6 is 0 Å². The number of aromatic amines is 1. The molecule has 152 valence electrons. The number of likely N-dealkylation sites (tertiary alicyclic amines) is 1. The number of aliphatic hydroxyl groups excluding tert-OH is 1. The quantitative estimate of drug-likeness (QED) is 0.588. The van der Waals surface area contributed by atoms with Crippen LogP contribution in [-0.4, -0.2) is 39.9 Å². The maximum Gasteiger partial charge on any atom is 0.0695 e. The third-order valence-corrected chi connectivity index (χ3v) is 6.44. The van der Waals surface area contributed by atoms with Crippen molar-refractivity contribution in [1.82, 2.24) is 15.1 Å². The molecule has 29 heavy (non-hydrogen) atoms. The van der Waals surface area contributed by atoms with E-state index in [-0.39, 0.29) is 5.41 Å². The minimum absolute atomic E-state index is 0.0872. The lowest BCUT2D eigenvalue weighted by Gasteiger charge is -2.41. The van der Waals surface area contributed by atoms with E-state index in [4.69, 9.17) is 0 Å². The van der Waals surface area contributed by atoms with Crippen molar-refractivity contribution in [2.24, 2.45) is 5.41 Å². The molecule has 0 amide bonds. The van der Waals surface area contributed by atoms with Gasteiger partial charge in [-0.1, -0.05) is 60.7 Å². The number of aromatic nitrogens is 2. The van der Waals surface area contributed by atoms with Crippen molar-refractivity contribution in [2.45, 2.75) is 38.6 Å². The summed E-state index contributed by atoms with van der Waals surface area (Å²) in [6.45, 7) is 3.28. The molecule has 1 saturated heterocycles. The number of H-pyrrole nitrogens is 1. The van der Waals surface area contributed by atoms with E-state index in [1.54, 1.807) is 0 Å². The van der Waals surface area contributed by atoms with Crippen LogP contribution in [0.3, 0.4) is 0 Å². The zero-order chi connectivity index (χ0) is 19.9. The number of nitrogens with one attached hydrogen (secondary N) is 1. The van der Waals surface area contributed by atoms with E-state index >= 15 is 0 Å². The van der Waals surface area contributed by atoms with E-state index in [1.165, 1.54) is 16.7 Å². The van der Waals surface area contributed by atoms with Crippen LogP contribution in [0.4, 0.5) is 0 Å². The van der Waals surface area contributed by atoms with Crippen LogP contribution in [0.25, 0.3) is 11.3 Å². The second-order valence-electron chi connectivity index (χ2n) is 8.41. The van der Waals surface area contributed by atoms with Gasteiger partial charge in [-0.2, -0.15) is 5.10 Å². The summed E-state index contributed by atoms with van der Waals surface area (Å²) >= 11 is 0. The van der Waals surface area contributed by atoms with Crippen molar-refractivity contribution in [3.05, 3.63) is 78.0 Å². The van der Waals surface area contributed by atoms with Gasteiger partial charge in [0.25, 0.3) is 0 Å². The second-order valence-corrected chi connectivity index (χ2v) is 8.41. The highest BCUT2D eigenvalue weighted by Gasteiger charge is 2.33. The number of hydrogen-bond acceptors (Lipinski definition) is 3. The summed E-state index contributed by atoms with van der Waals surface area (Å²) in [7, 11) is 0. The molecular formula is C25H31N3O. The molecule has 4 heteroatoms. The van der Waals surface area contributed by atoms with Gasteiger partial charge in [0.1, 0.15) is 0 Å². The number of hydrogen-bond donors (Lipinski definition) is 2. The summed E-state index contributed by atoms with van der Waals surface area (Å²) in [5.74, 6) is 0. The molecule has 4 nitrogen and oxygen atoms in total. The smallest absolute Gasteiger partial charge is 0.0695 e. The van der Waals surface area contributed by atoms with Crippen LogP contribution < -0.4 is 0 Å². The van der Waals surface area contributed by atoms with Crippen LogP contribution in [0.1, 0.15) is 36.8 Å². The fraction of sp³-hybridized carbons (Fsp3) is 0.400.